The van der Waals surface area contributed by atoms with E-state index < -0.39 is 0 Å². The van der Waals surface area contributed by atoms with Crippen LogP contribution in [-0.2, 0) is 16.0 Å². The molecule has 0 spiro atoms. The first-order valence-electron chi connectivity index (χ1n) is 7.97. The smallest absolute Gasteiger partial charge is 0.115 e. The molecule has 3 nitrogen and oxygen atoms in total. The number of hydrogen-bond donors (Lipinski definition) is 1. The number of aryl methyl sites for hydroxylation is 1. The van der Waals surface area contributed by atoms with Gasteiger partial charge in [-0.05, 0) is 30.5 Å². The quantitative estimate of drug-likeness (QED) is 0.566. The Hall–Kier alpha value is -1.35. The third-order valence-corrected chi connectivity index (χ3v) is 3.21. The lowest BCUT2D eigenvalue weighted by Crippen LogP contribution is -1.85. The lowest BCUT2D eigenvalue weighted by molar-refractivity contribution is -0.0979. The largest absolute Gasteiger partial charge is 0.508 e. The van der Waals surface area contributed by atoms with Gasteiger partial charge in [-0.1, -0.05) is 57.6 Å². The Bertz CT molecular complexity index is 317. The second-order valence-electron chi connectivity index (χ2n) is 5.15. The maximum atomic E-state index is 9.15. The van der Waals surface area contributed by atoms with Crippen LogP contribution < -0.4 is 0 Å². The molecule has 1 aromatic rings. The van der Waals surface area contributed by atoms with Gasteiger partial charge in [0.25, 0.3) is 0 Å². The van der Waals surface area contributed by atoms with Crippen LogP contribution in [-0.4, -0.2) is 25.1 Å². The minimum absolute atomic E-state index is 0.364. The number of unbranched alkanes of at least 4 members (excludes halogenated alkanes) is 6. The molecule has 3 heteroatoms. The van der Waals surface area contributed by atoms with Crippen LogP contribution in [0.15, 0.2) is 24.3 Å². The Morgan fingerprint density at radius 3 is 1.90 bits per heavy atom. The fourth-order valence-corrected chi connectivity index (χ4v) is 1.95. The predicted octanol–water partition coefficient (Wildman–Crippen LogP) is 4.52. The molecule has 0 bridgehead atoms. The molecule has 0 aromatic heterocycles. The van der Waals surface area contributed by atoms with E-state index in [2.05, 4.69) is 11.7 Å². The Kier molecular flexibility index (Phi) is 14.1. The number of rotatable bonds is 8. The third-order valence-electron chi connectivity index (χ3n) is 3.21. The van der Waals surface area contributed by atoms with E-state index in [9.17, 15) is 0 Å². The van der Waals surface area contributed by atoms with Gasteiger partial charge in [-0.3, -0.25) is 0 Å². The highest BCUT2D eigenvalue weighted by molar-refractivity contribution is 5.25. The first-order valence-corrected chi connectivity index (χ1v) is 7.97. The van der Waals surface area contributed by atoms with Crippen LogP contribution in [0.2, 0.25) is 0 Å². The van der Waals surface area contributed by atoms with Crippen molar-refractivity contribution in [1.82, 2.24) is 0 Å². The molecule has 21 heavy (non-hydrogen) atoms. The second-order valence-corrected chi connectivity index (χ2v) is 5.15. The van der Waals surface area contributed by atoms with Gasteiger partial charge < -0.3 is 14.6 Å². The van der Waals surface area contributed by atoms with Crippen molar-refractivity contribution in [2.24, 2.45) is 0 Å². The molecule has 0 amide bonds. The van der Waals surface area contributed by atoms with Crippen molar-refractivity contribution in [3.63, 3.8) is 0 Å². The van der Waals surface area contributed by atoms with Crippen molar-refractivity contribution in [2.75, 3.05) is 13.2 Å². The summed E-state index contributed by atoms with van der Waals surface area (Å²) in [5.74, 6) is 0.364. The number of carbonyl (C=O) groups excluding carboxylic acids is 1. The minimum Gasteiger partial charge on any atom is -0.508 e. The fraction of sp³-hybridized carbons (Fsp3) is 0.611. The van der Waals surface area contributed by atoms with Gasteiger partial charge >= 0.3 is 0 Å². The molecule has 1 heterocycles. The molecule has 2 rings (SSSR count). The summed E-state index contributed by atoms with van der Waals surface area (Å²) in [7, 11) is 0. The SMILES string of the molecule is C1CO1.C=O.CCCCCCCCCc1ccc(O)cc1. The van der Waals surface area contributed by atoms with Gasteiger partial charge in [-0.2, -0.15) is 0 Å². The Balaban J connectivity index is 0.000000684. The highest BCUT2D eigenvalue weighted by Gasteiger charge is 1.95. The van der Waals surface area contributed by atoms with Gasteiger partial charge in [-0.15, -0.1) is 0 Å². The maximum absolute atomic E-state index is 9.15. The van der Waals surface area contributed by atoms with E-state index in [0.29, 0.717) is 5.75 Å². The van der Waals surface area contributed by atoms with Crippen LogP contribution in [0.4, 0.5) is 0 Å². The van der Waals surface area contributed by atoms with Crippen molar-refractivity contribution in [3.05, 3.63) is 29.8 Å². The highest BCUT2D eigenvalue weighted by Crippen LogP contribution is 2.13. The van der Waals surface area contributed by atoms with Crippen LogP contribution >= 0.6 is 0 Å². The van der Waals surface area contributed by atoms with Gasteiger partial charge in [0, 0.05) is 0 Å². The highest BCUT2D eigenvalue weighted by atomic mass is 16.6. The van der Waals surface area contributed by atoms with Crippen LogP contribution in [0.1, 0.15) is 57.4 Å². The molecular weight excluding hydrogens is 264 g/mol. The molecular formula is C18H30O3. The Morgan fingerprint density at radius 1 is 0.952 bits per heavy atom. The predicted molar refractivity (Wildman–Crippen MR) is 87.7 cm³/mol. The average Bonchev–Trinajstić information content (AvgIpc) is 3.39. The standard InChI is InChI=1S/C15H24O.C2H4O.CH2O/c1-2-3-4-5-6-7-8-9-14-10-12-15(16)13-11-14;1-2-3-1;1-2/h10-13,16H,2-9H2,1H3;1-2H2;1H2. The monoisotopic (exact) mass is 294 g/mol. The van der Waals surface area contributed by atoms with Crippen LogP contribution in [0.25, 0.3) is 0 Å². The number of phenols is 1. The molecule has 0 atom stereocenters. The summed E-state index contributed by atoms with van der Waals surface area (Å²) < 4.78 is 4.50. The van der Waals surface area contributed by atoms with Crippen molar-refractivity contribution < 1.29 is 14.6 Å². The number of epoxide rings is 1. The van der Waals surface area contributed by atoms with E-state index in [0.717, 1.165) is 19.6 Å². The molecule has 120 valence electrons. The van der Waals surface area contributed by atoms with Gasteiger partial charge in [0.15, 0.2) is 0 Å². The third kappa shape index (κ3) is 14.9. The van der Waals surface area contributed by atoms with Crippen LogP contribution in [0, 0.1) is 0 Å². The Morgan fingerprint density at radius 2 is 1.43 bits per heavy atom. The number of hydrogen-bond acceptors (Lipinski definition) is 3. The minimum atomic E-state index is 0.364. The summed E-state index contributed by atoms with van der Waals surface area (Å²) in [5, 5.41) is 9.15. The zero-order valence-electron chi connectivity index (χ0n) is 13.4. The van der Waals surface area contributed by atoms with Crippen LogP contribution in [0.5, 0.6) is 5.75 Å². The van der Waals surface area contributed by atoms with E-state index in [4.69, 9.17) is 9.90 Å². The molecule has 1 aliphatic heterocycles. The topological polar surface area (TPSA) is 49.8 Å². The molecule has 1 fully saturated rings. The molecule has 0 unspecified atom stereocenters. The number of benzene rings is 1. The molecule has 1 N–H and O–H groups in total. The van der Waals surface area contributed by atoms with Gasteiger partial charge in [0.05, 0.1) is 13.2 Å². The summed E-state index contributed by atoms with van der Waals surface area (Å²) in [6.45, 7) is 6.25. The zero-order chi connectivity index (χ0) is 15.8. The first-order chi connectivity index (χ1) is 10.3. The Labute approximate surface area is 129 Å². The van der Waals surface area contributed by atoms with Gasteiger partial charge in [0.2, 0.25) is 0 Å². The maximum Gasteiger partial charge on any atom is 0.115 e. The number of carbonyl (C=O) groups is 1. The van der Waals surface area contributed by atoms with E-state index in [1.807, 2.05) is 18.9 Å². The average molecular weight is 294 g/mol. The van der Waals surface area contributed by atoms with Crippen molar-refractivity contribution in [1.29, 1.82) is 0 Å². The summed E-state index contributed by atoms with van der Waals surface area (Å²) in [4.78, 5) is 8.00. The van der Waals surface area contributed by atoms with Gasteiger partial charge in [0.1, 0.15) is 12.5 Å². The second kappa shape index (κ2) is 15.0. The van der Waals surface area contributed by atoms with Gasteiger partial charge in [-0.25, -0.2) is 0 Å². The number of phenolic OH excluding ortho intramolecular Hbond substituents is 1. The van der Waals surface area contributed by atoms with E-state index in [-0.39, 0.29) is 0 Å². The van der Waals surface area contributed by atoms with Crippen LogP contribution in [0.3, 0.4) is 0 Å². The number of ether oxygens (including phenoxy) is 1. The van der Waals surface area contributed by atoms with E-state index in [1.165, 1.54) is 50.5 Å². The molecule has 1 saturated heterocycles. The first kappa shape index (κ1) is 19.7. The van der Waals surface area contributed by atoms with Crippen molar-refractivity contribution in [3.8, 4) is 5.75 Å². The van der Waals surface area contributed by atoms with E-state index in [1.54, 1.807) is 12.1 Å². The molecule has 0 radical (unpaired) electrons. The normalized spacial score (nSPS) is 11.7. The van der Waals surface area contributed by atoms with E-state index >= 15 is 0 Å². The lowest BCUT2D eigenvalue weighted by atomic mass is 10.0. The summed E-state index contributed by atoms with van der Waals surface area (Å²) >= 11 is 0. The summed E-state index contributed by atoms with van der Waals surface area (Å²) in [5.41, 5.74) is 1.34. The molecule has 0 aliphatic carbocycles. The molecule has 0 saturated carbocycles. The summed E-state index contributed by atoms with van der Waals surface area (Å²) in [6, 6.07) is 7.59. The lowest BCUT2D eigenvalue weighted by Gasteiger charge is -2.02. The molecule has 1 aromatic carbocycles. The zero-order valence-corrected chi connectivity index (χ0v) is 13.4. The summed E-state index contributed by atoms with van der Waals surface area (Å²) in [6.07, 6.45) is 10.6. The fourth-order valence-electron chi connectivity index (χ4n) is 1.95. The number of aromatic hydroxyl groups is 1. The van der Waals surface area contributed by atoms with Crippen molar-refractivity contribution in [2.45, 2.75) is 58.3 Å². The van der Waals surface area contributed by atoms with Crippen molar-refractivity contribution >= 4 is 6.79 Å². The molecule has 1 aliphatic rings.